The molecule has 4 N–H and O–H groups in total. The summed E-state index contributed by atoms with van der Waals surface area (Å²) in [6.07, 6.45) is -0.406. The summed E-state index contributed by atoms with van der Waals surface area (Å²) >= 11 is 3.09. The Balaban J connectivity index is 2.05. The first-order valence-electron chi connectivity index (χ1n) is 9.55. The average molecular weight is 516 g/mol. The quantitative estimate of drug-likeness (QED) is 0.235. The first-order chi connectivity index (χ1) is 15.0. The smallest absolute Gasteiger partial charge is 0.344 e. The molecule has 6 amide bonds. The molecular formula is C19H23BrFN5O6. The van der Waals surface area contributed by atoms with Crippen LogP contribution < -0.4 is 21.4 Å². The van der Waals surface area contributed by atoms with Crippen molar-refractivity contribution in [3.8, 4) is 0 Å². The first-order valence-corrected chi connectivity index (χ1v) is 10.3. The molecule has 32 heavy (non-hydrogen) atoms. The van der Waals surface area contributed by atoms with Gasteiger partial charge in [0.05, 0.1) is 18.7 Å². The number of carbonyl (C=O) groups is 5. The van der Waals surface area contributed by atoms with E-state index in [1.54, 1.807) is 13.8 Å². The van der Waals surface area contributed by atoms with Gasteiger partial charge in [-0.05, 0) is 24.1 Å². The number of halogens is 2. The second-order valence-electron chi connectivity index (χ2n) is 7.25. The Kier molecular flexibility index (Phi) is 8.14. The maximum absolute atomic E-state index is 13.9. The molecule has 0 spiro atoms. The van der Waals surface area contributed by atoms with E-state index < -0.39 is 53.5 Å². The lowest BCUT2D eigenvalue weighted by Crippen LogP contribution is -2.56. The van der Waals surface area contributed by atoms with Gasteiger partial charge in [-0.25, -0.2) is 19.4 Å². The van der Waals surface area contributed by atoms with Crippen LogP contribution in [0, 0.1) is 11.7 Å². The average Bonchev–Trinajstić information content (AvgIpc) is 2.92. The molecule has 0 bridgehead atoms. The van der Waals surface area contributed by atoms with Crippen LogP contribution in [-0.2, 0) is 19.1 Å². The molecule has 13 heteroatoms. The molecule has 1 heterocycles. The summed E-state index contributed by atoms with van der Waals surface area (Å²) in [4.78, 5) is 60.7. The molecule has 1 atom stereocenters. The molecule has 2 rings (SSSR count). The number of urea groups is 2. The molecule has 1 aliphatic heterocycles. The zero-order valence-electron chi connectivity index (χ0n) is 17.6. The monoisotopic (exact) mass is 515 g/mol. The van der Waals surface area contributed by atoms with Crippen molar-refractivity contribution < 1.29 is 33.1 Å². The Morgan fingerprint density at radius 3 is 2.56 bits per heavy atom. The van der Waals surface area contributed by atoms with Gasteiger partial charge in [0, 0.05) is 11.4 Å². The molecule has 11 nitrogen and oxygen atoms in total. The van der Waals surface area contributed by atoms with Crippen LogP contribution in [-0.4, -0.2) is 53.5 Å². The number of amides is 6. The molecule has 1 fully saturated rings. The number of nitrogens with zero attached hydrogens (tertiary/aromatic N) is 1. The fourth-order valence-corrected chi connectivity index (χ4v) is 3.29. The molecule has 1 aliphatic rings. The fraction of sp³-hybridized carbons (Fsp3) is 0.421. The predicted molar refractivity (Wildman–Crippen MR) is 113 cm³/mol. The van der Waals surface area contributed by atoms with Crippen LogP contribution in [0.25, 0.3) is 0 Å². The van der Waals surface area contributed by atoms with Crippen molar-refractivity contribution in [1.82, 2.24) is 21.1 Å². The van der Waals surface area contributed by atoms with Crippen LogP contribution in [0.15, 0.2) is 22.7 Å². The largest absolute Gasteiger partial charge is 0.464 e. The predicted octanol–water partition coefficient (Wildman–Crippen LogP) is 1.64. The van der Waals surface area contributed by atoms with Gasteiger partial charge in [0.15, 0.2) is 0 Å². The van der Waals surface area contributed by atoms with Gasteiger partial charge in [0.2, 0.25) is 5.91 Å². The van der Waals surface area contributed by atoms with E-state index >= 15 is 0 Å². The van der Waals surface area contributed by atoms with E-state index in [4.69, 9.17) is 4.74 Å². The summed E-state index contributed by atoms with van der Waals surface area (Å²) in [5.74, 6) is -3.16. The van der Waals surface area contributed by atoms with Crippen molar-refractivity contribution in [1.29, 1.82) is 0 Å². The first kappa shape index (κ1) is 25.0. The number of hydrogen-bond donors (Lipinski definition) is 4. The van der Waals surface area contributed by atoms with Gasteiger partial charge in [-0.3, -0.25) is 14.4 Å². The third-order valence-corrected chi connectivity index (χ3v) is 5.16. The van der Waals surface area contributed by atoms with E-state index in [1.165, 1.54) is 19.1 Å². The minimum absolute atomic E-state index is 0.0256. The number of rotatable bonds is 8. The normalized spacial score (nSPS) is 17.8. The minimum Gasteiger partial charge on any atom is -0.464 e. The Hall–Kier alpha value is -3.22. The van der Waals surface area contributed by atoms with Crippen molar-refractivity contribution >= 4 is 51.5 Å². The van der Waals surface area contributed by atoms with Crippen LogP contribution in [0.2, 0.25) is 0 Å². The van der Waals surface area contributed by atoms with Crippen molar-refractivity contribution in [3.63, 3.8) is 0 Å². The molecular weight excluding hydrogens is 493 g/mol. The molecule has 1 aromatic carbocycles. The number of esters is 1. The molecule has 0 saturated carbocycles. The maximum atomic E-state index is 13.9. The highest BCUT2D eigenvalue weighted by atomic mass is 79.9. The summed E-state index contributed by atoms with van der Waals surface area (Å²) in [6.45, 7) is 4.47. The van der Waals surface area contributed by atoms with Crippen molar-refractivity contribution in [2.75, 3.05) is 18.5 Å². The van der Waals surface area contributed by atoms with Crippen LogP contribution in [0.3, 0.4) is 0 Å². The Morgan fingerprint density at radius 1 is 1.28 bits per heavy atom. The van der Waals surface area contributed by atoms with E-state index in [0.717, 1.165) is 6.07 Å². The van der Waals surface area contributed by atoms with Crippen LogP contribution in [0.1, 0.15) is 27.2 Å². The standard InChI is InChI=1S/C19H23BrFN5O6/c1-10(2)19(9-15(28)22-6-7-32-11(3)27)16(29)26(18(31)24-19)25-17(30)23-14-5-4-12(20)8-13(14)21/h4-5,8,10H,6-7,9H2,1-3H3,(H,22,28)(H,24,31)(H2,23,25,30). The maximum Gasteiger partial charge on any atom is 0.344 e. The van der Waals surface area contributed by atoms with Gasteiger partial charge in [-0.2, -0.15) is 5.01 Å². The third kappa shape index (κ3) is 5.93. The zero-order valence-corrected chi connectivity index (χ0v) is 19.2. The lowest BCUT2D eigenvalue weighted by atomic mass is 9.83. The van der Waals surface area contributed by atoms with Gasteiger partial charge in [-0.1, -0.05) is 29.8 Å². The molecule has 0 aromatic heterocycles. The van der Waals surface area contributed by atoms with Crippen molar-refractivity contribution in [2.45, 2.75) is 32.7 Å². The fourth-order valence-electron chi connectivity index (χ4n) is 2.95. The summed E-state index contributed by atoms with van der Waals surface area (Å²) < 4.78 is 19.1. The van der Waals surface area contributed by atoms with Gasteiger partial charge >= 0.3 is 18.0 Å². The van der Waals surface area contributed by atoms with Crippen molar-refractivity contribution in [2.24, 2.45) is 5.92 Å². The number of anilines is 1. The van der Waals surface area contributed by atoms with Crippen molar-refractivity contribution in [3.05, 3.63) is 28.5 Å². The number of carbonyl (C=O) groups excluding carboxylic acids is 5. The highest BCUT2D eigenvalue weighted by Gasteiger charge is 2.55. The highest BCUT2D eigenvalue weighted by molar-refractivity contribution is 9.10. The zero-order chi connectivity index (χ0) is 24.1. The summed E-state index contributed by atoms with van der Waals surface area (Å²) in [5, 5.41) is 7.61. The van der Waals surface area contributed by atoms with Crippen LogP contribution in [0.4, 0.5) is 19.7 Å². The van der Waals surface area contributed by atoms with Gasteiger partial charge in [0.1, 0.15) is 18.0 Å². The number of nitrogens with one attached hydrogen (secondary N) is 4. The minimum atomic E-state index is -1.61. The molecule has 1 saturated heterocycles. The summed E-state index contributed by atoms with van der Waals surface area (Å²) in [7, 11) is 0. The third-order valence-electron chi connectivity index (χ3n) is 4.67. The second kappa shape index (κ2) is 10.4. The van der Waals surface area contributed by atoms with Crippen LogP contribution >= 0.6 is 15.9 Å². The van der Waals surface area contributed by atoms with Gasteiger partial charge in [0.25, 0.3) is 5.91 Å². The summed E-state index contributed by atoms with van der Waals surface area (Å²) in [6, 6.07) is 1.95. The lowest BCUT2D eigenvalue weighted by molar-refractivity contribution is -0.141. The van der Waals surface area contributed by atoms with E-state index in [1.807, 2.05) is 0 Å². The number of hydrazine groups is 1. The summed E-state index contributed by atoms with van der Waals surface area (Å²) in [5.41, 5.74) is 0.292. The molecule has 0 aliphatic carbocycles. The Labute approximate surface area is 191 Å². The Morgan fingerprint density at radius 2 is 1.97 bits per heavy atom. The number of ether oxygens (including phenoxy) is 1. The topological polar surface area (TPSA) is 146 Å². The van der Waals surface area contributed by atoms with E-state index in [-0.39, 0.29) is 18.8 Å². The highest BCUT2D eigenvalue weighted by Crippen LogP contribution is 2.29. The lowest BCUT2D eigenvalue weighted by Gasteiger charge is -2.30. The molecule has 174 valence electrons. The van der Waals surface area contributed by atoms with Crippen LogP contribution in [0.5, 0.6) is 0 Å². The Bertz CT molecular complexity index is 943. The number of benzene rings is 1. The molecule has 1 unspecified atom stereocenters. The molecule has 1 aromatic rings. The van der Waals surface area contributed by atoms with E-state index in [9.17, 15) is 28.4 Å². The van der Waals surface area contributed by atoms with Gasteiger partial charge in [-0.15, -0.1) is 0 Å². The number of imide groups is 1. The van der Waals surface area contributed by atoms with Gasteiger partial charge < -0.3 is 20.7 Å². The second-order valence-corrected chi connectivity index (χ2v) is 8.17. The van der Waals surface area contributed by atoms with E-state index in [2.05, 4.69) is 37.3 Å². The molecule has 0 radical (unpaired) electrons. The van der Waals surface area contributed by atoms with E-state index in [0.29, 0.717) is 9.48 Å². The number of hydrogen-bond acceptors (Lipinski definition) is 6. The SMILES string of the molecule is CC(=O)OCCNC(=O)CC1(C(C)C)NC(=O)N(NC(=O)Nc2ccc(Br)cc2F)C1=O.